The van der Waals surface area contributed by atoms with E-state index in [1.807, 2.05) is 26.8 Å². The van der Waals surface area contributed by atoms with E-state index in [0.717, 1.165) is 5.52 Å². The number of rotatable bonds is 3. The van der Waals surface area contributed by atoms with Gasteiger partial charge in [0.2, 0.25) is 0 Å². The molecule has 0 atom stereocenters. The highest BCUT2D eigenvalue weighted by atomic mass is 127. The molecule has 1 fully saturated rings. The van der Waals surface area contributed by atoms with Crippen molar-refractivity contribution in [2.75, 3.05) is 20.2 Å². The third kappa shape index (κ3) is 4.82. The van der Waals surface area contributed by atoms with E-state index in [0.29, 0.717) is 42.6 Å². The summed E-state index contributed by atoms with van der Waals surface area (Å²) in [6, 6.07) is 4.93. The van der Waals surface area contributed by atoms with Gasteiger partial charge in [0.1, 0.15) is 17.1 Å². The third-order valence-electron chi connectivity index (χ3n) is 4.93. The second kappa shape index (κ2) is 8.71. The van der Waals surface area contributed by atoms with Crippen LogP contribution < -0.4 is 0 Å². The van der Waals surface area contributed by atoms with Crippen LogP contribution in [0, 0.1) is 5.82 Å². The zero-order chi connectivity index (χ0) is 21.3. The first kappa shape index (κ1) is 22.2. The van der Waals surface area contributed by atoms with Gasteiger partial charge in [-0.1, -0.05) is 0 Å². The van der Waals surface area contributed by atoms with E-state index < -0.39 is 11.6 Å². The molecule has 158 valence electrons. The number of ether oxygens (including phenoxy) is 2. The molecule has 1 amide bonds. The van der Waals surface area contributed by atoms with E-state index in [4.69, 9.17) is 9.47 Å². The van der Waals surface area contributed by atoms with Gasteiger partial charge in [-0.25, -0.2) is 14.0 Å². The number of nitrogens with zero attached hydrogens (tertiary/aromatic N) is 2. The van der Waals surface area contributed by atoms with Crippen LogP contribution in [0.5, 0.6) is 0 Å². The Kier molecular flexibility index (Phi) is 6.67. The van der Waals surface area contributed by atoms with Gasteiger partial charge in [0.05, 0.1) is 12.6 Å². The third-order valence-corrected chi connectivity index (χ3v) is 6.64. The highest BCUT2D eigenvalue weighted by Crippen LogP contribution is 2.36. The predicted molar refractivity (Wildman–Crippen MR) is 120 cm³/mol. The van der Waals surface area contributed by atoms with Crippen molar-refractivity contribution in [3.63, 3.8) is 0 Å². The monoisotopic (exact) mass is 534 g/mol. The van der Waals surface area contributed by atoms with Crippen molar-refractivity contribution in [3.8, 4) is 0 Å². The van der Waals surface area contributed by atoms with Crippen LogP contribution in [0.4, 0.5) is 9.18 Å². The van der Waals surface area contributed by atoms with Crippen molar-refractivity contribution in [1.29, 1.82) is 0 Å². The highest BCUT2D eigenvalue weighted by Gasteiger charge is 2.29. The second-order valence-corrected chi connectivity index (χ2v) is 9.74. The summed E-state index contributed by atoms with van der Waals surface area (Å²) in [6.07, 6.45) is 0.984. The summed E-state index contributed by atoms with van der Waals surface area (Å²) < 4.78 is 26.9. The fourth-order valence-electron chi connectivity index (χ4n) is 3.55. The van der Waals surface area contributed by atoms with Crippen LogP contribution in [0.15, 0.2) is 18.2 Å². The molecule has 1 aliphatic rings. The van der Waals surface area contributed by atoms with Crippen LogP contribution in [0.25, 0.3) is 10.9 Å². The average molecular weight is 534 g/mol. The molecule has 9 heteroatoms. The van der Waals surface area contributed by atoms with Crippen LogP contribution in [0.1, 0.15) is 55.6 Å². The lowest BCUT2D eigenvalue weighted by Crippen LogP contribution is -2.41. The maximum absolute atomic E-state index is 14.9. The predicted octanol–water partition coefficient (Wildman–Crippen LogP) is 5.53. The smallest absolute Gasteiger partial charge is 0.410 e. The van der Waals surface area contributed by atoms with E-state index in [1.165, 1.54) is 22.3 Å². The SMILES string of the molecule is COC(=O)c1cc2cc(F)c(C3CCN(C(=O)OC(C)(C)C)CC3)cc2n1SI. The van der Waals surface area contributed by atoms with Crippen molar-refractivity contribution in [3.05, 3.63) is 35.3 Å². The molecular weight excluding hydrogens is 510 g/mol. The minimum atomic E-state index is -0.537. The van der Waals surface area contributed by atoms with E-state index in [-0.39, 0.29) is 17.8 Å². The number of methoxy groups -OCH3 is 1. The summed E-state index contributed by atoms with van der Waals surface area (Å²) in [5.41, 5.74) is 1.22. The van der Waals surface area contributed by atoms with Gasteiger partial charge in [-0.15, -0.1) is 0 Å². The molecule has 0 unspecified atom stereocenters. The van der Waals surface area contributed by atoms with Crippen molar-refractivity contribution in [1.82, 2.24) is 8.87 Å². The number of esters is 1. The number of carbonyl (C=O) groups is 2. The number of aromatic nitrogens is 1. The molecule has 29 heavy (non-hydrogen) atoms. The summed E-state index contributed by atoms with van der Waals surface area (Å²) in [7, 11) is 2.67. The van der Waals surface area contributed by atoms with Crippen LogP contribution in [0.3, 0.4) is 0 Å². The molecule has 2 aromatic rings. The van der Waals surface area contributed by atoms with Gasteiger partial charge < -0.3 is 14.4 Å². The average Bonchev–Trinajstić information content (AvgIpc) is 3.02. The number of hydrogen-bond donors (Lipinski definition) is 0. The standard InChI is InChI=1S/C20H24FIN2O4S/c1-20(2,3)28-19(26)23-7-5-12(6-8-23)14-11-16-13(9-15(14)21)10-17(18(25)27-4)24(16)29-22/h9-12H,5-8H2,1-4H3. The summed E-state index contributed by atoms with van der Waals surface area (Å²) in [4.78, 5) is 26.0. The number of halogens is 2. The molecule has 0 spiro atoms. The molecule has 0 bridgehead atoms. The van der Waals surface area contributed by atoms with Crippen molar-refractivity contribution >= 4 is 53.3 Å². The maximum atomic E-state index is 14.9. The number of carbonyl (C=O) groups excluding carboxylic acids is 2. The Morgan fingerprint density at radius 1 is 1.21 bits per heavy atom. The van der Waals surface area contributed by atoms with Gasteiger partial charge in [0, 0.05) is 48.8 Å². The lowest BCUT2D eigenvalue weighted by Gasteiger charge is -2.33. The van der Waals surface area contributed by atoms with Gasteiger partial charge in [0.25, 0.3) is 0 Å². The molecule has 0 saturated carbocycles. The Morgan fingerprint density at radius 3 is 2.41 bits per heavy atom. The summed E-state index contributed by atoms with van der Waals surface area (Å²) >= 11 is 2.09. The molecule has 2 heterocycles. The van der Waals surface area contributed by atoms with Gasteiger partial charge >= 0.3 is 12.1 Å². The zero-order valence-corrected chi connectivity index (χ0v) is 19.8. The Morgan fingerprint density at radius 2 is 1.86 bits per heavy atom. The van der Waals surface area contributed by atoms with E-state index in [1.54, 1.807) is 14.9 Å². The van der Waals surface area contributed by atoms with Crippen LogP contribution in [-0.4, -0.2) is 46.7 Å². The Hall–Kier alpha value is -1.49. The van der Waals surface area contributed by atoms with E-state index >= 15 is 0 Å². The summed E-state index contributed by atoms with van der Waals surface area (Å²) in [5.74, 6) is -0.750. The molecular formula is C20H24FIN2O4S. The van der Waals surface area contributed by atoms with Gasteiger partial charge in [-0.05, 0) is 63.3 Å². The molecule has 3 rings (SSSR count). The quantitative estimate of drug-likeness (QED) is 0.383. The molecule has 1 saturated heterocycles. The lowest BCUT2D eigenvalue weighted by molar-refractivity contribution is 0.0204. The summed E-state index contributed by atoms with van der Waals surface area (Å²) in [5, 5.41) is 0.655. The Balaban J connectivity index is 1.83. The van der Waals surface area contributed by atoms with Crippen molar-refractivity contribution < 1.29 is 23.5 Å². The fraction of sp³-hybridized carbons (Fsp3) is 0.500. The Bertz CT molecular complexity index is 933. The maximum Gasteiger partial charge on any atom is 0.410 e. The Labute approximate surface area is 185 Å². The van der Waals surface area contributed by atoms with Gasteiger partial charge in [-0.2, -0.15) is 0 Å². The second-order valence-electron chi connectivity index (χ2n) is 8.06. The number of hydrogen-bond acceptors (Lipinski definition) is 5. The molecule has 1 aromatic heterocycles. The molecule has 0 radical (unpaired) electrons. The number of benzene rings is 1. The number of amides is 1. The highest BCUT2D eigenvalue weighted by molar-refractivity contribution is 14.2. The molecule has 1 aromatic carbocycles. The van der Waals surface area contributed by atoms with Crippen LogP contribution in [-0.2, 0) is 9.47 Å². The first-order valence-electron chi connectivity index (χ1n) is 9.35. The largest absolute Gasteiger partial charge is 0.464 e. The van der Waals surface area contributed by atoms with Crippen molar-refractivity contribution in [2.24, 2.45) is 0 Å². The molecule has 0 N–H and O–H groups in total. The molecule has 0 aliphatic carbocycles. The van der Waals surface area contributed by atoms with Crippen LogP contribution >= 0.6 is 30.3 Å². The topological polar surface area (TPSA) is 60.8 Å². The minimum Gasteiger partial charge on any atom is -0.464 e. The normalized spacial score (nSPS) is 15.6. The summed E-state index contributed by atoms with van der Waals surface area (Å²) in [6.45, 7) is 6.56. The first-order chi connectivity index (χ1) is 13.6. The minimum absolute atomic E-state index is 0.00206. The van der Waals surface area contributed by atoms with Crippen molar-refractivity contribution in [2.45, 2.75) is 45.1 Å². The van der Waals surface area contributed by atoms with Gasteiger partial charge in [0.15, 0.2) is 0 Å². The van der Waals surface area contributed by atoms with Crippen LogP contribution in [0.2, 0.25) is 0 Å². The number of piperidine rings is 1. The fourth-order valence-corrected chi connectivity index (χ4v) is 5.26. The molecule has 6 nitrogen and oxygen atoms in total. The van der Waals surface area contributed by atoms with E-state index in [9.17, 15) is 14.0 Å². The van der Waals surface area contributed by atoms with Gasteiger partial charge in [-0.3, -0.25) is 3.97 Å². The molecule has 1 aliphatic heterocycles. The number of fused-ring (bicyclic) bond motifs is 1. The van der Waals surface area contributed by atoms with E-state index in [2.05, 4.69) is 21.2 Å². The lowest BCUT2D eigenvalue weighted by atomic mass is 9.88. The first-order valence-corrected chi connectivity index (χ1v) is 12.7. The zero-order valence-electron chi connectivity index (χ0n) is 16.8. The number of likely N-dealkylation sites (tertiary alicyclic amines) is 1.